The molecule has 0 bridgehead atoms. The largest absolute Gasteiger partial charge is 0.437 e. The van der Waals surface area contributed by atoms with Crippen LogP contribution in [0, 0.1) is 25.2 Å². The number of hydrogen-bond acceptors (Lipinski definition) is 4. The van der Waals surface area contributed by atoms with Gasteiger partial charge in [0.1, 0.15) is 11.4 Å². The lowest BCUT2D eigenvalue weighted by molar-refractivity contribution is 0.426. The lowest BCUT2D eigenvalue weighted by atomic mass is 10.1. The Bertz CT molecular complexity index is 700. The van der Waals surface area contributed by atoms with Gasteiger partial charge >= 0.3 is 0 Å². The maximum Gasteiger partial charge on any atom is 0.241 e. The van der Waals surface area contributed by atoms with E-state index in [9.17, 15) is 0 Å². The second-order valence-corrected chi connectivity index (χ2v) is 5.54. The van der Waals surface area contributed by atoms with Crippen molar-refractivity contribution in [2.75, 3.05) is 5.73 Å². The topological polar surface area (TPSA) is 76.9 Å². The van der Waals surface area contributed by atoms with Gasteiger partial charge < -0.3 is 10.5 Å². The summed E-state index contributed by atoms with van der Waals surface area (Å²) in [6, 6.07) is 5.75. The number of aromatic nitrogens is 2. The van der Waals surface area contributed by atoms with Gasteiger partial charge in [-0.05, 0) is 43.0 Å². The van der Waals surface area contributed by atoms with E-state index in [1.54, 1.807) is 16.8 Å². The van der Waals surface area contributed by atoms with E-state index in [4.69, 9.17) is 15.7 Å². The zero-order valence-corrected chi connectivity index (χ0v) is 13.1. The minimum atomic E-state index is 0.233. The van der Waals surface area contributed by atoms with Crippen molar-refractivity contribution >= 4 is 5.69 Å². The van der Waals surface area contributed by atoms with Gasteiger partial charge in [0, 0.05) is 7.05 Å². The molecule has 2 rings (SSSR count). The highest BCUT2D eigenvalue weighted by atomic mass is 16.5. The molecule has 2 aromatic rings. The molecule has 0 unspecified atom stereocenters. The molecule has 0 radical (unpaired) electrons. The van der Waals surface area contributed by atoms with Crippen molar-refractivity contribution in [1.82, 2.24) is 9.78 Å². The Balaban J connectivity index is 2.47. The number of nitriles is 1. The van der Waals surface area contributed by atoms with Crippen LogP contribution in [0.15, 0.2) is 12.1 Å². The first-order chi connectivity index (χ1) is 9.85. The number of nitrogens with zero attached hydrogens (tertiary/aromatic N) is 3. The zero-order valence-electron chi connectivity index (χ0n) is 13.1. The lowest BCUT2D eigenvalue weighted by Gasteiger charge is -2.12. The number of benzene rings is 1. The number of hydrogen-bond donors (Lipinski definition) is 1. The number of nitrogen functional groups attached to an aromatic ring is 1. The fourth-order valence-electron chi connectivity index (χ4n) is 2.36. The van der Waals surface area contributed by atoms with Crippen LogP contribution < -0.4 is 10.5 Å². The average molecular weight is 284 g/mol. The fourth-order valence-corrected chi connectivity index (χ4v) is 2.36. The molecule has 5 heteroatoms. The monoisotopic (exact) mass is 284 g/mol. The Labute approximate surface area is 124 Å². The highest BCUT2D eigenvalue weighted by Gasteiger charge is 2.19. The lowest BCUT2D eigenvalue weighted by Crippen LogP contribution is -2.00. The molecule has 0 atom stereocenters. The number of nitrogens with two attached hydrogens (primary N) is 1. The highest BCUT2D eigenvalue weighted by molar-refractivity contribution is 5.57. The van der Waals surface area contributed by atoms with Gasteiger partial charge in [0.2, 0.25) is 5.88 Å². The quantitative estimate of drug-likeness (QED) is 0.937. The molecule has 0 saturated heterocycles. The van der Waals surface area contributed by atoms with Crippen LogP contribution in [0.5, 0.6) is 11.6 Å². The Hall–Kier alpha value is -2.48. The van der Waals surface area contributed by atoms with Crippen LogP contribution in [0.3, 0.4) is 0 Å². The van der Waals surface area contributed by atoms with Crippen LogP contribution in [-0.4, -0.2) is 9.78 Å². The molecular formula is C16H20N4O. The summed E-state index contributed by atoms with van der Waals surface area (Å²) >= 11 is 0. The van der Waals surface area contributed by atoms with Crippen LogP contribution in [0.4, 0.5) is 5.69 Å². The molecule has 110 valence electrons. The average Bonchev–Trinajstić information content (AvgIpc) is 2.69. The second-order valence-electron chi connectivity index (χ2n) is 5.54. The van der Waals surface area contributed by atoms with Crippen molar-refractivity contribution < 1.29 is 4.74 Å². The molecule has 0 saturated carbocycles. The van der Waals surface area contributed by atoms with E-state index in [1.807, 2.05) is 34.7 Å². The summed E-state index contributed by atoms with van der Waals surface area (Å²) in [5, 5.41) is 13.4. The SMILES string of the molecule is Cc1cc(C#N)cc(C)c1Oc1c(N)c(C(C)C)nn1C. The molecule has 0 aliphatic rings. The van der Waals surface area contributed by atoms with E-state index < -0.39 is 0 Å². The molecule has 21 heavy (non-hydrogen) atoms. The first kappa shape index (κ1) is 14.9. The molecule has 2 N–H and O–H groups in total. The van der Waals surface area contributed by atoms with Crippen molar-refractivity contribution in [2.45, 2.75) is 33.6 Å². The van der Waals surface area contributed by atoms with Crippen LogP contribution in [0.2, 0.25) is 0 Å². The van der Waals surface area contributed by atoms with E-state index in [-0.39, 0.29) is 5.92 Å². The minimum Gasteiger partial charge on any atom is -0.437 e. The molecule has 1 aromatic heterocycles. The second kappa shape index (κ2) is 5.49. The third-order valence-corrected chi connectivity index (χ3v) is 3.39. The maximum atomic E-state index is 8.99. The van der Waals surface area contributed by atoms with E-state index in [0.29, 0.717) is 17.1 Å². The normalized spacial score (nSPS) is 10.7. The number of rotatable bonds is 3. The van der Waals surface area contributed by atoms with Crippen molar-refractivity contribution in [1.29, 1.82) is 5.26 Å². The zero-order chi connectivity index (χ0) is 15.7. The molecule has 0 amide bonds. The predicted octanol–water partition coefficient (Wildman–Crippen LogP) is 3.41. The Morgan fingerprint density at radius 1 is 1.29 bits per heavy atom. The van der Waals surface area contributed by atoms with Crippen LogP contribution in [0.25, 0.3) is 0 Å². The predicted molar refractivity (Wildman–Crippen MR) is 82.4 cm³/mol. The number of aryl methyl sites for hydroxylation is 3. The molecule has 0 spiro atoms. The van der Waals surface area contributed by atoms with E-state index in [1.165, 1.54) is 0 Å². The van der Waals surface area contributed by atoms with Gasteiger partial charge in [-0.3, -0.25) is 0 Å². The van der Waals surface area contributed by atoms with Crippen LogP contribution in [0.1, 0.15) is 42.1 Å². The first-order valence-corrected chi connectivity index (χ1v) is 6.86. The first-order valence-electron chi connectivity index (χ1n) is 6.86. The summed E-state index contributed by atoms with van der Waals surface area (Å²) in [7, 11) is 1.81. The van der Waals surface area contributed by atoms with Crippen LogP contribution >= 0.6 is 0 Å². The molecule has 0 aliphatic heterocycles. The summed E-state index contributed by atoms with van der Waals surface area (Å²) in [6.45, 7) is 7.92. The molecule has 1 heterocycles. The van der Waals surface area contributed by atoms with Gasteiger partial charge in [0.25, 0.3) is 0 Å². The van der Waals surface area contributed by atoms with E-state index in [0.717, 1.165) is 22.6 Å². The fraction of sp³-hybridized carbons (Fsp3) is 0.375. The van der Waals surface area contributed by atoms with Gasteiger partial charge in [-0.15, -0.1) is 0 Å². The Morgan fingerprint density at radius 3 is 2.29 bits per heavy atom. The third-order valence-electron chi connectivity index (χ3n) is 3.39. The highest BCUT2D eigenvalue weighted by Crippen LogP contribution is 2.36. The Kier molecular flexibility index (Phi) is 3.90. The van der Waals surface area contributed by atoms with Gasteiger partial charge in [-0.1, -0.05) is 13.8 Å². The van der Waals surface area contributed by atoms with E-state index in [2.05, 4.69) is 11.2 Å². The van der Waals surface area contributed by atoms with Crippen molar-refractivity contribution in [3.8, 4) is 17.7 Å². The smallest absolute Gasteiger partial charge is 0.241 e. The van der Waals surface area contributed by atoms with Gasteiger partial charge in [-0.2, -0.15) is 10.4 Å². The van der Waals surface area contributed by atoms with Gasteiger partial charge in [-0.25, -0.2) is 4.68 Å². The number of ether oxygens (including phenoxy) is 1. The van der Waals surface area contributed by atoms with E-state index >= 15 is 0 Å². The molecule has 1 aromatic carbocycles. The maximum absolute atomic E-state index is 8.99. The minimum absolute atomic E-state index is 0.233. The summed E-state index contributed by atoms with van der Waals surface area (Å²) in [4.78, 5) is 0. The van der Waals surface area contributed by atoms with Crippen molar-refractivity contribution in [3.63, 3.8) is 0 Å². The van der Waals surface area contributed by atoms with Gasteiger partial charge in [0.15, 0.2) is 0 Å². The standard InChI is InChI=1S/C16H20N4O/c1-9(2)14-13(18)16(20(5)19-14)21-15-10(3)6-12(8-17)7-11(15)4/h6-7,9H,18H2,1-5H3. The third kappa shape index (κ3) is 2.70. The molecule has 0 fully saturated rings. The van der Waals surface area contributed by atoms with Crippen molar-refractivity contribution in [3.05, 3.63) is 34.5 Å². The molecule has 0 aliphatic carbocycles. The molecule has 5 nitrogen and oxygen atoms in total. The summed E-state index contributed by atoms with van der Waals surface area (Å²) < 4.78 is 7.65. The van der Waals surface area contributed by atoms with Crippen molar-refractivity contribution in [2.24, 2.45) is 7.05 Å². The summed E-state index contributed by atoms with van der Waals surface area (Å²) in [5.41, 5.74) is 9.97. The Morgan fingerprint density at radius 2 is 1.86 bits per heavy atom. The summed E-state index contributed by atoms with van der Waals surface area (Å²) in [6.07, 6.45) is 0. The van der Waals surface area contributed by atoms with Crippen LogP contribution in [-0.2, 0) is 7.05 Å². The van der Waals surface area contributed by atoms with Gasteiger partial charge in [0.05, 0.1) is 17.3 Å². The number of anilines is 1. The molecular weight excluding hydrogens is 264 g/mol. The summed E-state index contributed by atoms with van der Waals surface area (Å²) in [5.74, 6) is 1.49.